The van der Waals surface area contributed by atoms with Gasteiger partial charge in [-0.3, -0.25) is 9.48 Å². The van der Waals surface area contributed by atoms with Crippen LogP contribution in [0.4, 0.5) is 20.2 Å². The molecule has 18 heavy (non-hydrogen) atoms. The Morgan fingerprint density at radius 2 is 2.11 bits per heavy atom. The van der Waals surface area contributed by atoms with Crippen LogP contribution in [0.3, 0.4) is 0 Å². The number of aromatic nitrogens is 2. The molecule has 7 heteroatoms. The van der Waals surface area contributed by atoms with E-state index in [1.807, 2.05) is 0 Å². The summed E-state index contributed by atoms with van der Waals surface area (Å²) in [5, 5.41) is 6.12. The zero-order chi connectivity index (χ0) is 13.3. The van der Waals surface area contributed by atoms with E-state index in [9.17, 15) is 13.6 Å². The third-order valence-corrected chi connectivity index (χ3v) is 2.28. The number of nitrogens with one attached hydrogen (secondary N) is 1. The number of carbonyl (C=O) groups excluding carboxylic acids is 1. The highest BCUT2D eigenvalue weighted by atomic mass is 19.1. The second-order valence-corrected chi connectivity index (χ2v) is 3.68. The van der Waals surface area contributed by atoms with Crippen LogP contribution in [0.25, 0.3) is 0 Å². The van der Waals surface area contributed by atoms with Crippen molar-refractivity contribution >= 4 is 17.3 Å². The van der Waals surface area contributed by atoms with Crippen LogP contribution in [0.1, 0.15) is 10.5 Å². The van der Waals surface area contributed by atoms with Crippen LogP contribution in [0.5, 0.6) is 0 Å². The van der Waals surface area contributed by atoms with Gasteiger partial charge in [-0.25, -0.2) is 8.78 Å². The molecule has 0 fully saturated rings. The van der Waals surface area contributed by atoms with Gasteiger partial charge in [0.25, 0.3) is 5.91 Å². The highest BCUT2D eigenvalue weighted by Crippen LogP contribution is 2.21. The molecule has 3 N–H and O–H groups in total. The number of benzene rings is 1. The Bertz CT molecular complexity index is 609. The standard InChI is InChI=1S/C11H10F2N4O/c1-17-3-2-9(16-17)11(18)15-10-5-8(14)6(12)4-7(10)13/h2-5H,14H2,1H3,(H,15,18). The van der Waals surface area contributed by atoms with Gasteiger partial charge in [0.1, 0.15) is 11.6 Å². The first-order chi connectivity index (χ1) is 8.47. The van der Waals surface area contributed by atoms with Crippen molar-refractivity contribution in [2.75, 3.05) is 11.1 Å². The average Bonchev–Trinajstić information content (AvgIpc) is 2.73. The number of amides is 1. The number of nitrogens with two attached hydrogens (primary N) is 1. The van der Waals surface area contributed by atoms with E-state index in [4.69, 9.17) is 5.73 Å². The Labute approximate surface area is 101 Å². The minimum absolute atomic E-state index is 0.125. The van der Waals surface area contributed by atoms with Crippen molar-refractivity contribution in [1.82, 2.24) is 9.78 Å². The highest BCUT2D eigenvalue weighted by molar-refractivity contribution is 6.03. The molecule has 94 valence electrons. The smallest absolute Gasteiger partial charge is 0.276 e. The first-order valence-corrected chi connectivity index (χ1v) is 5.03. The van der Waals surface area contributed by atoms with Crippen molar-refractivity contribution in [3.05, 3.63) is 41.7 Å². The van der Waals surface area contributed by atoms with Crippen LogP contribution in [-0.2, 0) is 7.05 Å². The van der Waals surface area contributed by atoms with Gasteiger partial charge in [-0.1, -0.05) is 0 Å². The molecule has 2 rings (SSSR count). The SMILES string of the molecule is Cn1ccc(C(=O)Nc2cc(N)c(F)cc2F)n1. The van der Waals surface area contributed by atoms with Crippen LogP contribution >= 0.6 is 0 Å². The average molecular weight is 252 g/mol. The highest BCUT2D eigenvalue weighted by Gasteiger charge is 2.13. The zero-order valence-electron chi connectivity index (χ0n) is 9.45. The van der Waals surface area contributed by atoms with Crippen LogP contribution in [-0.4, -0.2) is 15.7 Å². The lowest BCUT2D eigenvalue weighted by atomic mass is 10.2. The number of carbonyl (C=O) groups is 1. The second kappa shape index (κ2) is 4.44. The topological polar surface area (TPSA) is 72.9 Å². The predicted octanol–water partition coefficient (Wildman–Crippen LogP) is 1.53. The van der Waals surface area contributed by atoms with Crippen molar-refractivity contribution in [1.29, 1.82) is 0 Å². The van der Waals surface area contributed by atoms with E-state index >= 15 is 0 Å². The number of hydrogen-bond donors (Lipinski definition) is 2. The van der Waals surface area contributed by atoms with E-state index in [0.29, 0.717) is 6.07 Å². The summed E-state index contributed by atoms with van der Waals surface area (Å²) in [5.41, 5.74) is 4.99. The van der Waals surface area contributed by atoms with E-state index in [0.717, 1.165) is 6.07 Å². The molecule has 0 saturated carbocycles. The molecule has 0 atom stereocenters. The first-order valence-electron chi connectivity index (χ1n) is 5.03. The van der Waals surface area contributed by atoms with Crippen LogP contribution in [0, 0.1) is 11.6 Å². The van der Waals surface area contributed by atoms with Crippen molar-refractivity contribution < 1.29 is 13.6 Å². The van der Waals surface area contributed by atoms with Crippen LogP contribution in [0.15, 0.2) is 24.4 Å². The molecule has 0 bridgehead atoms. The van der Waals surface area contributed by atoms with Gasteiger partial charge in [0, 0.05) is 19.3 Å². The van der Waals surface area contributed by atoms with Crippen molar-refractivity contribution in [3.63, 3.8) is 0 Å². The molecule has 1 heterocycles. The predicted molar refractivity (Wildman–Crippen MR) is 61.9 cm³/mol. The number of halogens is 2. The Hall–Kier alpha value is -2.44. The summed E-state index contributed by atoms with van der Waals surface area (Å²) < 4.78 is 27.7. The molecule has 0 aliphatic rings. The second-order valence-electron chi connectivity index (χ2n) is 3.68. The van der Waals surface area contributed by atoms with Gasteiger partial charge >= 0.3 is 0 Å². The van der Waals surface area contributed by atoms with Crippen molar-refractivity contribution in [2.24, 2.45) is 7.05 Å². The maximum absolute atomic E-state index is 13.4. The fourth-order valence-corrected chi connectivity index (χ4v) is 1.38. The number of anilines is 2. The molecule has 0 aliphatic carbocycles. The van der Waals surface area contributed by atoms with E-state index in [-0.39, 0.29) is 17.1 Å². The Balaban J connectivity index is 2.24. The van der Waals surface area contributed by atoms with Gasteiger partial charge < -0.3 is 11.1 Å². The van der Waals surface area contributed by atoms with Gasteiger partial charge in [0.05, 0.1) is 11.4 Å². The Kier molecular flexibility index (Phi) is 2.97. The monoisotopic (exact) mass is 252 g/mol. The largest absolute Gasteiger partial charge is 0.396 e. The molecule has 1 aromatic carbocycles. The maximum Gasteiger partial charge on any atom is 0.276 e. The number of aryl methyl sites for hydroxylation is 1. The fourth-order valence-electron chi connectivity index (χ4n) is 1.38. The quantitative estimate of drug-likeness (QED) is 0.796. The Morgan fingerprint density at radius 1 is 1.39 bits per heavy atom. The summed E-state index contributed by atoms with van der Waals surface area (Å²) >= 11 is 0. The lowest BCUT2D eigenvalue weighted by Gasteiger charge is -2.06. The van der Waals surface area contributed by atoms with Gasteiger partial charge in [-0.15, -0.1) is 0 Å². The summed E-state index contributed by atoms with van der Waals surface area (Å²) in [4.78, 5) is 11.7. The lowest BCUT2D eigenvalue weighted by molar-refractivity contribution is 0.102. The molecule has 0 saturated heterocycles. The van der Waals surface area contributed by atoms with Crippen LogP contribution in [0.2, 0.25) is 0 Å². The molecule has 1 amide bonds. The van der Waals surface area contributed by atoms with Gasteiger partial charge in [0.2, 0.25) is 0 Å². The Morgan fingerprint density at radius 3 is 2.72 bits per heavy atom. The van der Waals surface area contributed by atoms with Crippen molar-refractivity contribution in [3.8, 4) is 0 Å². The number of rotatable bonds is 2. The van der Waals surface area contributed by atoms with E-state index in [1.165, 1.54) is 10.7 Å². The van der Waals surface area contributed by atoms with Crippen molar-refractivity contribution in [2.45, 2.75) is 0 Å². The summed E-state index contributed by atoms with van der Waals surface area (Å²) in [6.07, 6.45) is 1.57. The van der Waals surface area contributed by atoms with Gasteiger partial charge in [0.15, 0.2) is 5.69 Å². The number of nitrogens with zero attached hydrogens (tertiary/aromatic N) is 2. The first kappa shape index (κ1) is 12.0. The summed E-state index contributed by atoms with van der Waals surface area (Å²) in [5.74, 6) is -2.37. The molecule has 0 spiro atoms. The number of nitrogen functional groups attached to an aromatic ring is 1. The minimum atomic E-state index is -0.897. The van der Waals surface area contributed by atoms with E-state index in [1.54, 1.807) is 13.2 Å². The lowest BCUT2D eigenvalue weighted by Crippen LogP contribution is -2.14. The van der Waals surface area contributed by atoms with E-state index in [2.05, 4.69) is 10.4 Å². The van der Waals surface area contributed by atoms with E-state index < -0.39 is 17.5 Å². The maximum atomic E-state index is 13.4. The minimum Gasteiger partial charge on any atom is -0.396 e. The summed E-state index contributed by atoms with van der Waals surface area (Å²) in [6, 6.07) is 3.11. The molecular formula is C11H10F2N4O. The zero-order valence-corrected chi connectivity index (χ0v) is 9.45. The fraction of sp³-hybridized carbons (Fsp3) is 0.0909. The molecule has 5 nitrogen and oxygen atoms in total. The third-order valence-electron chi connectivity index (χ3n) is 2.28. The molecular weight excluding hydrogens is 242 g/mol. The van der Waals surface area contributed by atoms with Gasteiger partial charge in [-0.2, -0.15) is 5.10 Å². The molecule has 1 aromatic heterocycles. The van der Waals surface area contributed by atoms with Gasteiger partial charge in [-0.05, 0) is 12.1 Å². The molecule has 0 radical (unpaired) electrons. The van der Waals surface area contributed by atoms with Crippen LogP contribution < -0.4 is 11.1 Å². The number of hydrogen-bond acceptors (Lipinski definition) is 3. The molecule has 0 aliphatic heterocycles. The third kappa shape index (κ3) is 2.29. The summed E-state index contributed by atoms with van der Waals surface area (Å²) in [7, 11) is 1.65. The molecule has 0 unspecified atom stereocenters. The normalized spacial score (nSPS) is 10.4. The summed E-state index contributed by atoms with van der Waals surface area (Å²) in [6.45, 7) is 0. The molecule has 2 aromatic rings.